The van der Waals surface area contributed by atoms with Crippen LogP contribution in [0.5, 0.6) is 0 Å². The maximum Gasteiger partial charge on any atom is 0.0874 e. The Kier molecular flexibility index (Phi) is 3.76. The molecule has 0 radical (unpaired) electrons. The van der Waals surface area contributed by atoms with Crippen LogP contribution in [0.25, 0.3) is 0 Å². The molecule has 16 heavy (non-hydrogen) atoms. The van der Waals surface area contributed by atoms with Crippen LogP contribution in [0.2, 0.25) is 0 Å². The molecule has 0 heterocycles. The van der Waals surface area contributed by atoms with E-state index < -0.39 is 0 Å². The van der Waals surface area contributed by atoms with Gasteiger partial charge in [0, 0.05) is 12.5 Å². The van der Waals surface area contributed by atoms with Gasteiger partial charge in [0.15, 0.2) is 0 Å². The van der Waals surface area contributed by atoms with Crippen molar-refractivity contribution in [2.45, 2.75) is 38.7 Å². The van der Waals surface area contributed by atoms with Crippen LogP contribution in [0.1, 0.15) is 38.8 Å². The molecule has 2 nitrogen and oxygen atoms in total. The molecule has 1 aromatic carbocycles. The summed E-state index contributed by atoms with van der Waals surface area (Å²) in [5.41, 5.74) is 1.70. The summed E-state index contributed by atoms with van der Waals surface area (Å²) in [6.45, 7) is 8.29. The first kappa shape index (κ1) is 13.2. The van der Waals surface area contributed by atoms with Gasteiger partial charge < -0.3 is 9.84 Å². The van der Waals surface area contributed by atoms with Crippen LogP contribution < -0.4 is 0 Å². The van der Waals surface area contributed by atoms with E-state index in [9.17, 15) is 5.11 Å². The molecule has 0 aliphatic carbocycles. The van der Waals surface area contributed by atoms with Gasteiger partial charge in [0.2, 0.25) is 0 Å². The molecule has 0 unspecified atom stereocenters. The van der Waals surface area contributed by atoms with E-state index in [1.165, 1.54) is 0 Å². The molecule has 0 aromatic heterocycles. The maximum atomic E-state index is 9.47. The molecule has 1 N–H and O–H groups in total. The molecule has 0 bridgehead atoms. The Hall–Kier alpha value is -0.860. The highest BCUT2D eigenvalue weighted by molar-refractivity contribution is 5.37. The largest absolute Gasteiger partial charge is 0.395 e. The van der Waals surface area contributed by atoms with Gasteiger partial charge >= 0.3 is 0 Å². The summed E-state index contributed by atoms with van der Waals surface area (Å²) in [5, 5.41) is 9.47. The van der Waals surface area contributed by atoms with Crippen molar-refractivity contribution < 1.29 is 9.84 Å². The Morgan fingerprint density at radius 2 is 1.56 bits per heavy atom. The number of aliphatic hydroxyl groups is 1. The number of rotatable bonds is 4. The van der Waals surface area contributed by atoms with E-state index in [2.05, 4.69) is 12.1 Å². The van der Waals surface area contributed by atoms with Gasteiger partial charge in [-0.05, 0) is 25.0 Å². The summed E-state index contributed by atoms with van der Waals surface area (Å²) in [4.78, 5) is 0. The van der Waals surface area contributed by atoms with Crippen molar-refractivity contribution in [2.75, 3.05) is 13.7 Å². The lowest BCUT2D eigenvalue weighted by Gasteiger charge is -2.32. The second kappa shape index (κ2) is 4.56. The number of aliphatic hydroxyl groups excluding tert-OH is 1. The summed E-state index contributed by atoms with van der Waals surface area (Å²) >= 11 is 0. The van der Waals surface area contributed by atoms with Crippen molar-refractivity contribution in [2.24, 2.45) is 0 Å². The van der Waals surface area contributed by atoms with Crippen LogP contribution in [-0.2, 0) is 15.8 Å². The summed E-state index contributed by atoms with van der Waals surface area (Å²) in [6, 6.07) is 8.14. The highest BCUT2D eigenvalue weighted by atomic mass is 16.5. The second-order valence-electron chi connectivity index (χ2n) is 5.30. The van der Waals surface area contributed by atoms with Gasteiger partial charge in [-0.25, -0.2) is 0 Å². The van der Waals surface area contributed by atoms with E-state index in [4.69, 9.17) is 4.74 Å². The number of ether oxygens (including phenoxy) is 1. The third kappa shape index (κ3) is 2.45. The first-order valence-corrected chi connectivity index (χ1v) is 5.61. The van der Waals surface area contributed by atoms with Gasteiger partial charge in [0.1, 0.15) is 0 Å². The molecule has 0 amide bonds. The fraction of sp³-hybridized carbons (Fsp3) is 0.571. The minimum Gasteiger partial charge on any atom is -0.395 e. The zero-order chi connectivity index (χ0) is 12.4. The predicted molar refractivity (Wildman–Crippen MR) is 66.6 cm³/mol. The SMILES string of the molecule is COC(C)(C)c1ccccc1C(C)(C)CO. The molecule has 0 spiro atoms. The average Bonchev–Trinajstić information content (AvgIpc) is 2.29. The smallest absolute Gasteiger partial charge is 0.0874 e. The van der Waals surface area contributed by atoms with Crippen LogP contribution >= 0.6 is 0 Å². The molecule has 2 heteroatoms. The maximum absolute atomic E-state index is 9.47. The minimum atomic E-state index is -0.330. The van der Waals surface area contributed by atoms with E-state index in [-0.39, 0.29) is 17.6 Å². The average molecular weight is 222 g/mol. The van der Waals surface area contributed by atoms with Crippen LogP contribution in [-0.4, -0.2) is 18.8 Å². The number of hydrogen-bond acceptors (Lipinski definition) is 2. The molecule has 0 saturated carbocycles. The highest BCUT2D eigenvalue weighted by Gasteiger charge is 2.29. The van der Waals surface area contributed by atoms with Gasteiger partial charge in [0.25, 0.3) is 0 Å². The molecule has 90 valence electrons. The van der Waals surface area contributed by atoms with Gasteiger partial charge in [-0.1, -0.05) is 38.1 Å². The third-order valence-electron chi connectivity index (χ3n) is 3.21. The van der Waals surface area contributed by atoms with Gasteiger partial charge in [-0.3, -0.25) is 0 Å². The van der Waals surface area contributed by atoms with Crippen molar-refractivity contribution in [3.8, 4) is 0 Å². The lowest BCUT2D eigenvalue weighted by atomic mass is 9.78. The highest BCUT2D eigenvalue weighted by Crippen LogP contribution is 2.34. The molecule has 0 aliphatic heterocycles. The van der Waals surface area contributed by atoms with Crippen molar-refractivity contribution in [1.82, 2.24) is 0 Å². The van der Waals surface area contributed by atoms with Crippen molar-refractivity contribution in [1.29, 1.82) is 0 Å². The van der Waals surface area contributed by atoms with Gasteiger partial charge in [0.05, 0.1) is 12.2 Å². The predicted octanol–water partition coefficient (Wildman–Crippen LogP) is 2.84. The lowest BCUT2D eigenvalue weighted by Crippen LogP contribution is -2.29. The quantitative estimate of drug-likeness (QED) is 0.849. The summed E-state index contributed by atoms with van der Waals surface area (Å²) < 4.78 is 5.52. The van der Waals surface area contributed by atoms with E-state index in [0.29, 0.717) is 0 Å². The molecular formula is C14H22O2. The van der Waals surface area contributed by atoms with Crippen molar-refractivity contribution >= 4 is 0 Å². The van der Waals surface area contributed by atoms with Crippen LogP contribution in [0.3, 0.4) is 0 Å². The normalized spacial score (nSPS) is 12.9. The molecule has 1 rings (SSSR count). The van der Waals surface area contributed by atoms with Crippen molar-refractivity contribution in [3.63, 3.8) is 0 Å². The first-order valence-electron chi connectivity index (χ1n) is 5.61. The number of hydrogen-bond donors (Lipinski definition) is 1. The Labute approximate surface area is 98.3 Å². The first-order chi connectivity index (χ1) is 7.35. The van der Waals surface area contributed by atoms with E-state index in [0.717, 1.165) is 11.1 Å². The summed E-state index contributed by atoms with van der Waals surface area (Å²) in [6.07, 6.45) is 0. The van der Waals surface area contributed by atoms with E-state index in [1.807, 2.05) is 39.8 Å². The molecule has 0 atom stereocenters. The standard InChI is InChI=1S/C14H22O2/c1-13(2,10-15)11-8-6-7-9-12(11)14(3,4)16-5/h6-9,15H,10H2,1-5H3. The van der Waals surface area contributed by atoms with E-state index in [1.54, 1.807) is 7.11 Å². The lowest BCUT2D eigenvalue weighted by molar-refractivity contribution is 0.0172. The Balaban J connectivity index is 3.31. The minimum absolute atomic E-state index is 0.129. The van der Waals surface area contributed by atoms with Crippen LogP contribution in [0.4, 0.5) is 0 Å². The molecule has 0 saturated heterocycles. The molecule has 1 aromatic rings. The number of benzene rings is 1. The fourth-order valence-corrected chi connectivity index (χ4v) is 1.79. The zero-order valence-corrected chi connectivity index (χ0v) is 10.9. The Morgan fingerprint density at radius 1 is 1.06 bits per heavy atom. The Morgan fingerprint density at radius 3 is 2.00 bits per heavy atom. The molecular weight excluding hydrogens is 200 g/mol. The van der Waals surface area contributed by atoms with Crippen LogP contribution in [0, 0.1) is 0 Å². The van der Waals surface area contributed by atoms with E-state index >= 15 is 0 Å². The number of methoxy groups -OCH3 is 1. The van der Waals surface area contributed by atoms with Gasteiger partial charge in [-0.15, -0.1) is 0 Å². The molecule has 0 fully saturated rings. The summed E-state index contributed by atoms with van der Waals surface area (Å²) in [7, 11) is 1.71. The Bertz CT molecular complexity index is 319. The topological polar surface area (TPSA) is 29.5 Å². The molecule has 0 aliphatic rings. The fourth-order valence-electron chi connectivity index (χ4n) is 1.79. The van der Waals surface area contributed by atoms with Crippen LogP contribution in [0.15, 0.2) is 24.3 Å². The zero-order valence-electron chi connectivity index (χ0n) is 10.9. The monoisotopic (exact) mass is 222 g/mol. The third-order valence-corrected chi connectivity index (χ3v) is 3.21. The van der Waals surface area contributed by atoms with Gasteiger partial charge in [-0.2, -0.15) is 0 Å². The second-order valence-corrected chi connectivity index (χ2v) is 5.30. The summed E-state index contributed by atoms with van der Waals surface area (Å²) in [5.74, 6) is 0. The van der Waals surface area contributed by atoms with Crippen molar-refractivity contribution in [3.05, 3.63) is 35.4 Å².